The van der Waals surface area contributed by atoms with Crippen LogP contribution in [0.5, 0.6) is 0 Å². The van der Waals surface area contributed by atoms with E-state index in [4.69, 9.17) is 14.4 Å². The molecule has 2 aliphatic heterocycles. The van der Waals surface area contributed by atoms with Crippen molar-refractivity contribution in [2.24, 2.45) is 9.98 Å². The second-order valence-corrected chi connectivity index (χ2v) is 11.6. The van der Waals surface area contributed by atoms with Crippen LogP contribution in [0.25, 0.3) is 33.1 Å². The lowest BCUT2D eigenvalue weighted by Gasteiger charge is -2.29. The van der Waals surface area contributed by atoms with Crippen molar-refractivity contribution < 1.29 is 4.42 Å². The number of rotatable bonds is 3. The topological polar surface area (TPSA) is 37.9 Å². The van der Waals surface area contributed by atoms with E-state index in [0.29, 0.717) is 6.54 Å². The van der Waals surface area contributed by atoms with Gasteiger partial charge in [0.1, 0.15) is 11.2 Å². The first kappa shape index (κ1) is 26.2. The van der Waals surface area contributed by atoms with Gasteiger partial charge in [0.2, 0.25) is 0 Å². The lowest BCUT2D eigenvalue weighted by atomic mass is 9.83. The van der Waals surface area contributed by atoms with E-state index in [1.54, 1.807) is 0 Å². The minimum Gasteiger partial charge on any atom is -0.456 e. The Balaban J connectivity index is 1.35. The first-order valence-corrected chi connectivity index (χ1v) is 14.7. The molecular formula is C39H34N2O. The fraction of sp³-hybridized carbons (Fsp3) is 0.179. The van der Waals surface area contributed by atoms with Gasteiger partial charge < -0.3 is 4.42 Å². The molecule has 0 aliphatic carbocycles. The second-order valence-electron chi connectivity index (χ2n) is 11.6. The molecule has 5 aromatic rings. The van der Waals surface area contributed by atoms with E-state index in [1.807, 2.05) is 12.2 Å². The molecule has 3 heteroatoms. The van der Waals surface area contributed by atoms with Crippen LogP contribution in [0.2, 0.25) is 0 Å². The van der Waals surface area contributed by atoms with Gasteiger partial charge in [-0.2, -0.15) is 0 Å². The molecule has 0 radical (unpaired) electrons. The molecule has 1 aromatic heterocycles. The van der Waals surface area contributed by atoms with Crippen LogP contribution in [0.4, 0.5) is 0 Å². The second kappa shape index (κ2) is 10.3. The molecule has 0 fully saturated rings. The first-order chi connectivity index (χ1) is 20.4. The van der Waals surface area contributed by atoms with Crippen LogP contribution in [-0.4, -0.2) is 24.0 Å². The number of allylic oxidation sites excluding steroid dienone is 3. The molecule has 0 saturated heterocycles. The summed E-state index contributed by atoms with van der Waals surface area (Å²) in [5, 5.41) is 2.21. The standard InChI is InChI=1S/C39H34N2O/c1-6-34-31-21-32-30-16-15-27(39-24(4)17-23(3)18-25(39)5)20-37(30)42-38(32)19-26(31)11-10-14-36-33(22-40-34)28-12-8-9-13-29(28)35(7-2)41-36/h6-10,12-21,33,36H,1-2,11,22H2,3-5H3/b14-10+,40-34?. The van der Waals surface area contributed by atoms with E-state index in [0.717, 1.165) is 50.9 Å². The molecule has 0 saturated carbocycles. The number of nitrogens with zero attached hydrogens (tertiary/aromatic N) is 2. The summed E-state index contributed by atoms with van der Waals surface area (Å²) in [4.78, 5) is 10.2. The lowest BCUT2D eigenvalue weighted by Crippen LogP contribution is -2.27. The molecule has 42 heavy (non-hydrogen) atoms. The molecule has 2 unspecified atom stereocenters. The zero-order valence-corrected chi connectivity index (χ0v) is 24.4. The summed E-state index contributed by atoms with van der Waals surface area (Å²) in [5.41, 5.74) is 14.7. The summed E-state index contributed by atoms with van der Waals surface area (Å²) >= 11 is 0. The van der Waals surface area contributed by atoms with Gasteiger partial charge in [-0.05, 0) is 97.0 Å². The summed E-state index contributed by atoms with van der Waals surface area (Å²) in [7, 11) is 0. The molecule has 7 rings (SSSR count). The summed E-state index contributed by atoms with van der Waals surface area (Å²) in [6.45, 7) is 15.3. The number of hydrogen-bond acceptors (Lipinski definition) is 3. The Morgan fingerprint density at radius 3 is 2.36 bits per heavy atom. The number of aryl methyl sites for hydroxylation is 3. The summed E-state index contributed by atoms with van der Waals surface area (Å²) in [5.74, 6) is 0.156. The van der Waals surface area contributed by atoms with Crippen LogP contribution in [0, 0.1) is 20.8 Å². The van der Waals surface area contributed by atoms with Crippen molar-refractivity contribution >= 4 is 33.4 Å². The van der Waals surface area contributed by atoms with Gasteiger partial charge in [-0.15, -0.1) is 0 Å². The number of fused-ring (bicyclic) bond motifs is 7. The third-order valence-corrected chi connectivity index (χ3v) is 8.79. The summed E-state index contributed by atoms with van der Waals surface area (Å²) < 4.78 is 6.51. The van der Waals surface area contributed by atoms with Crippen molar-refractivity contribution in [2.45, 2.75) is 39.2 Å². The van der Waals surface area contributed by atoms with Crippen molar-refractivity contribution in [3.8, 4) is 11.1 Å². The first-order valence-electron chi connectivity index (χ1n) is 14.7. The summed E-state index contributed by atoms with van der Waals surface area (Å²) in [6, 6.07) is 24.0. The zero-order chi connectivity index (χ0) is 29.0. The number of furan rings is 1. The van der Waals surface area contributed by atoms with Crippen molar-refractivity contribution in [3.63, 3.8) is 0 Å². The van der Waals surface area contributed by atoms with Crippen LogP contribution in [0.3, 0.4) is 0 Å². The normalized spacial score (nSPS) is 18.8. The van der Waals surface area contributed by atoms with Crippen molar-refractivity contribution in [2.75, 3.05) is 6.54 Å². The van der Waals surface area contributed by atoms with Crippen LogP contribution in [-0.2, 0) is 6.42 Å². The van der Waals surface area contributed by atoms with E-state index in [-0.39, 0.29) is 12.0 Å². The number of hydrogen-bond donors (Lipinski definition) is 0. The smallest absolute Gasteiger partial charge is 0.136 e. The van der Waals surface area contributed by atoms with E-state index < -0.39 is 0 Å². The zero-order valence-electron chi connectivity index (χ0n) is 24.4. The average Bonchev–Trinajstić information content (AvgIpc) is 3.33. The van der Waals surface area contributed by atoms with Gasteiger partial charge in [-0.3, -0.25) is 9.98 Å². The van der Waals surface area contributed by atoms with Gasteiger partial charge >= 0.3 is 0 Å². The molecule has 2 atom stereocenters. The highest BCUT2D eigenvalue weighted by Gasteiger charge is 2.29. The van der Waals surface area contributed by atoms with Crippen LogP contribution < -0.4 is 0 Å². The number of benzene rings is 4. The molecule has 3 heterocycles. The van der Waals surface area contributed by atoms with Crippen LogP contribution in [0.15, 0.2) is 119 Å². The van der Waals surface area contributed by atoms with Crippen molar-refractivity contribution in [1.29, 1.82) is 0 Å². The molecular weight excluding hydrogens is 512 g/mol. The fourth-order valence-corrected chi connectivity index (χ4v) is 6.96. The van der Waals surface area contributed by atoms with Gasteiger partial charge in [0.25, 0.3) is 0 Å². The molecule has 206 valence electrons. The Bertz CT molecular complexity index is 1990. The highest BCUT2D eigenvalue weighted by molar-refractivity contribution is 6.15. The predicted octanol–water partition coefficient (Wildman–Crippen LogP) is 9.41. The molecule has 0 amide bonds. The van der Waals surface area contributed by atoms with E-state index >= 15 is 0 Å². The molecule has 0 N–H and O–H groups in total. The van der Waals surface area contributed by atoms with E-state index in [2.05, 4.69) is 113 Å². The molecule has 2 aliphatic rings. The van der Waals surface area contributed by atoms with Crippen LogP contribution in [0.1, 0.15) is 44.9 Å². The molecule has 0 bridgehead atoms. The van der Waals surface area contributed by atoms with Gasteiger partial charge in [0, 0.05) is 34.4 Å². The molecule has 4 aromatic carbocycles. The predicted molar refractivity (Wildman–Crippen MR) is 178 cm³/mol. The largest absolute Gasteiger partial charge is 0.456 e. The number of aliphatic imine (C=N–C) groups is 2. The van der Waals surface area contributed by atoms with E-state index in [9.17, 15) is 0 Å². The minimum absolute atomic E-state index is 0.00584. The Morgan fingerprint density at radius 1 is 0.810 bits per heavy atom. The molecule has 0 spiro atoms. The Morgan fingerprint density at radius 2 is 1.57 bits per heavy atom. The maximum atomic E-state index is 6.51. The van der Waals surface area contributed by atoms with Gasteiger partial charge in [-0.25, -0.2) is 0 Å². The molecule has 3 nitrogen and oxygen atoms in total. The van der Waals surface area contributed by atoms with Gasteiger partial charge in [0.05, 0.1) is 17.5 Å². The summed E-state index contributed by atoms with van der Waals surface area (Å²) in [6.07, 6.45) is 8.99. The van der Waals surface area contributed by atoms with Gasteiger partial charge in [0.15, 0.2) is 0 Å². The van der Waals surface area contributed by atoms with E-state index in [1.165, 1.54) is 38.9 Å². The maximum absolute atomic E-state index is 6.51. The average molecular weight is 547 g/mol. The SMILES string of the molecule is C=CC1=NCC2c3ccccc3C(C=C)=NC2/C=C/Cc2cc3oc4cc(-c5c(C)cc(C)cc5C)ccc4c3cc21. The quantitative estimate of drug-likeness (QED) is 0.208. The van der Waals surface area contributed by atoms with Gasteiger partial charge in [-0.1, -0.05) is 73.3 Å². The highest BCUT2D eigenvalue weighted by Crippen LogP contribution is 2.37. The Labute approximate surface area is 247 Å². The Hall–Kier alpha value is -4.76. The highest BCUT2D eigenvalue weighted by atomic mass is 16.3. The van der Waals surface area contributed by atoms with Crippen molar-refractivity contribution in [1.82, 2.24) is 0 Å². The fourth-order valence-electron chi connectivity index (χ4n) is 6.96. The monoisotopic (exact) mass is 546 g/mol. The van der Waals surface area contributed by atoms with Crippen LogP contribution >= 0.6 is 0 Å². The third-order valence-electron chi connectivity index (χ3n) is 8.79. The Kier molecular flexibility index (Phi) is 6.39. The van der Waals surface area contributed by atoms with Crippen molar-refractivity contribution in [3.05, 3.63) is 143 Å². The third kappa shape index (κ3) is 4.28. The minimum atomic E-state index is 0.00584. The lowest BCUT2D eigenvalue weighted by molar-refractivity contribution is 0.612. The maximum Gasteiger partial charge on any atom is 0.136 e.